The lowest BCUT2D eigenvalue weighted by Gasteiger charge is -2.30. The van der Waals surface area contributed by atoms with Gasteiger partial charge in [0.05, 0.1) is 10.9 Å². The first kappa shape index (κ1) is 13.8. The van der Waals surface area contributed by atoms with E-state index in [2.05, 4.69) is 11.4 Å². The zero-order valence-electron chi connectivity index (χ0n) is 11.2. The largest absolute Gasteiger partial charge is 0.378 e. The van der Waals surface area contributed by atoms with Crippen LogP contribution in [0.15, 0.2) is 6.07 Å². The van der Waals surface area contributed by atoms with Gasteiger partial charge < -0.3 is 14.8 Å². The number of thiophene rings is 1. The fraction of sp³-hybridized carbons (Fsp3) is 0.714. The molecule has 0 amide bonds. The Labute approximate surface area is 123 Å². The Morgan fingerprint density at radius 2 is 2.53 bits per heavy atom. The Morgan fingerprint density at radius 1 is 1.63 bits per heavy atom. The van der Waals surface area contributed by atoms with Gasteiger partial charge in [-0.3, -0.25) is 0 Å². The molecule has 0 saturated carbocycles. The first-order chi connectivity index (χ1) is 9.22. The standard InChI is InChI=1S/C14H20ClNO2S/c1-17-14(5-6-18-9-14)8-16-11-3-2-4-12-10(11)7-13(15)19-12/h7,11,16H,2-6,8-9H2,1H3. The molecule has 0 radical (unpaired) electrons. The van der Waals surface area contributed by atoms with Crippen molar-refractivity contribution in [3.05, 3.63) is 20.8 Å². The summed E-state index contributed by atoms with van der Waals surface area (Å²) in [5, 5.41) is 3.67. The molecule has 2 atom stereocenters. The van der Waals surface area contributed by atoms with Gasteiger partial charge in [-0.15, -0.1) is 11.3 Å². The summed E-state index contributed by atoms with van der Waals surface area (Å²) in [6, 6.07) is 2.54. The van der Waals surface area contributed by atoms with E-state index < -0.39 is 0 Å². The van der Waals surface area contributed by atoms with Crippen LogP contribution >= 0.6 is 22.9 Å². The van der Waals surface area contributed by atoms with Crippen molar-refractivity contribution in [2.24, 2.45) is 0 Å². The number of rotatable bonds is 4. The summed E-state index contributed by atoms with van der Waals surface area (Å²) in [4.78, 5) is 1.45. The van der Waals surface area contributed by atoms with Crippen molar-refractivity contribution in [2.45, 2.75) is 37.3 Å². The van der Waals surface area contributed by atoms with Gasteiger partial charge in [-0.05, 0) is 30.9 Å². The van der Waals surface area contributed by atoms with Crippen molar-refractivity contribution in [1.29, 1.82) is 0 Å². The van der Waals surface area contributed by atoms with Gasteiger partial charge >= 0.3 is 0 Å². The van der Waals surface area contributed by atoms with Crippen molar-refractivity contribution < 1.29 is 9.47 Å². The highest BCUT2D eigenvalue weighted by molar-refractivity contribution is 7.16. The van der Waals surface area contributed by atoms with E-state index in [1.807, 2.05) is 0 Å². The predicted molar refractivity (Wildman–Crippen MR) is 78.2 cm³/mol. The van der Waals surface area contributed by atoms with Gasteiger partial charge in [0.1, 0.15) is 5.60 Å². The van der Waals surface area contributed by atoms with Gasteiger partial charge in [-0.25, -0.2) is 0 Å². The quantitative estimate of drug-likeness (QED) is 0.926. The minimum atomic E-state index is -0.141. The molecule has 5 heteroatoms. The van der Waals surface area contributed by atoms with Gasteiger partial charge in [0, 0.05) is 37.6 Å². The molecule has 1 saturated heterocycles. The van der Waals surface area contributed by atoms with E-state index in [9.17, 15) is 0 Å². The number of hydrogen-bond donors (Lipinski definition) is 1. The van der Waals surface area contributed by atoms with E-state index in [-0.39, 0.29) is 5.60 Å². The smallest absolute Gasteiger partial charge is 0.106 e. The third-order valence-corrected chi connectivity index (χ3v) is 5.59. The molecular weight excluding hydrogens is 282 g/mol. The highest BCUT2D eigenvalue weighted by atomic mass is 35.5. The van der Waals surface area contributed by atoms with Gasteiger partial charge in [-0.1, -0.05) is 11.6 Å². The van der Waals surface area contributed by atoms with E-state index in [0.717, 1.165) is 23.9 Å². The molecule has 1 fully saturated rings. The number of ether oxygens (including phenoxy) is 2. The Bertz CT molecular complexity index is 443. The average molecular weight is 302 g/mol. The van der Waals surface area contributed by atoms with Crippen molar-refractivity contribution in [3.63, 3.8) is 0 Å². The summed E-state index contributed by atoms with van der Waals surface area (Å²) in [7, 11) is 1.78. The second-order valence-corrected chi connectivity index (χ2v) is 7.21. The summed E-state index contributed by atoms with van der Waals surface area (Å²) in [5.41, 5.74) is 1.25. The Morgan fingerprint density at radius 3 is 3.26 bits per heavy atom. The van der Waals surface area contributed by atoms with Crippen LogP contribution in [-0.4, -0.2) is 32.5 Å². The first-order valence-electron chi connectivity index (χ1n) is 6.87. The number of hydrogen-bond acceptors (Lipinski definition) is 4. The zero-order valence-corrected chi connectivity index (χ0v) is 12.8. The Kier molecular flexibility index (Phi) is 4.15. The van der Waals surface area contributed by atoms with Crippen LogP contribution < -0.4 is 5.32 Å². The minimum absolute atomic E-state index is 0.141. The molecule has 1 aliphatic heterocycles. The predicted octanol–water partition coefficient (Wildman–Crippen LogP) is 3.17. The van der Waals surface area contributed by atoms with E-state index in [0.29, 0.717) is 12.6 Å². The molecule has 106 valence electrons. The number of methoxy groups -OCH3 is 1. The molecule has 1 N–H and O–H groups in total. The van der Waals surface area contributed by atoms with Crippen LogP contribution in [0.2, 0.25) is 4.34 Å². The minimum Gasteiger partial charge on any atom is -0.378 e. The number of aryl methyl sites for hydroxylation is 1. The fourth-order valence-corrected chi connectivity index (χ4v) is 4.39. The molecule has 19 heavy (non-hydrogen) atoms. The summed E-state index contributed by atoms with van der Waals surface area (Å²) in [6.07, 6.45) is 4.56. The fourth-order valence-electron chi connectivity index (χ4n) is 3.00. The van der Waals surface area contributed by atoms with Gasteiger partial charge in [0.15, 0.2) is 0 Å². The molecule has 1 aliphatic carbocycles. The highest BCUT2D eigenvalue weighted by Crippen LogP contribution is 2.38. The van der Waals surface area contributed by atoms with Crippen LogP contribution in [0.4, 0.5) is 0 Å². The van der Waals surface area contributed by atoms with E-state index in [1.165, 1.54) is 29.7 Å². The molecule has 1 aromatic heterocycles. The maximum absolute atomic E-state index is 6.14. The maximum Gasteiger partial charge on any atom is 0.106 e. The molecule has 3 rings (SSSR count). The van der Waals surface area contributed by atoms with Crippen LogP contribution in [0.25, 0.3) is 0 Å². The molecule has 2 aliphatic rings. The summed E-state index contributed by atoms with van der Waals surface area (Å²) >= 11 is 7.87. The molecule has 0 aromatic carbocycles. The maximum atomic E-state index is 6.14. The molecule has 0 spiro atoms. The SMILES string of the molecule is COC1(CNC2CCCc3sc(Cl)cc32)CCOC1. The summed E-state index contributed by atoms with van der Waals surface area (Å²) < 4.78 is 12.1. The van der Waals surface area contributed by atoms with E-state index >= 15 is 0 Å². The Hall–Kier alpha value is -0.130. The van der Waals surface area contributed by atoms with Crippen LogP contribution in [-0.2, 0) is 15.9 Å². The lowest BCUT2D eigenvalue weighted by molar-refractivity contribution is -0.0178. The average Bonchev–Trinajstić information content (AvgIpc) is 3.02. The zero-order chi connectivity index (χ0) is 13.3. The van der Waals surface area contributed by atoms with Crippen molar-refractivity contribution in [1.82, 2.24) is 5.32 Å². The molecule has 2 heterocycles. The number of fused-ring (bicyclic) bond motifs is 1. The van der Waals surface area contributed by atoms with Crippen LogP contribution in [0, 0.1) is 0 Å². The Balaban J connectivity index is 1.67. The van der Waals surface area contributed by atoms with Crippen LogP contribution in [0.5, 0.6) is 0 Å². The summed E-state index contributed by atoms with van der Waals surface area (Å²) in [5.74, 6) is 0. The topological polar surface area (TPSA) is 30.5 Å². The van der Waals surface area contributed by atoms with Crippen molar-refractivity contribution >= 4 is 22.9 Å². The highest BCUT2D eigenvalue weighted by Gasteiger charge is 2.36. The third-order valence-electron chi connectivity index (χ3n) is 4.25. The lowest BCUT2D eigenvalue weighted by Crippen LogP contribution is -2.44. The summed E-state index contributed by atoms with van der Waals surface area (Å²) in [6.45, 7) is 2.34. The van der Waals surface area contributed by atoms with Crippen molar-refractivity contribution in [3.8, 4) is 0 Å². The van der Waals surface area contributed by atoms with E-state index in [1.54, 1.807) is 18.4 Å². The van der Waals surface area contributed by atoms with Gasteiger partial charge in [-0.2, -0.15) is 0 Å². The first-order valence-corrected chi connectivity index (χ1v) is 8.06. The number of nitrogens with one attached hydrogen (secondary N) is 1. The normalized spacial score (nSPS) is 30.5. The van der Waals surface area contributed by atoms with Crippen LogP contribution in [0.1, 0.15) is 35.7 Å². The molecule has 0 bridgehead atoms. The molecule has 2 unspecified atom stereocenters. The van der Waals surface area contributed by atoms with Crippen LogP contribution in [0.3, 0.4) is 0 Å². The molecule has 1 aromatic rings. The molecular formula is C14H20ClNO2S. The second-order valence-electron chi connectivity index (χ2n) is 5.44. The van der Waals surface area contributed by atoms with Crippen molar-refractivity contribution in [2.75, 3.05) is 26.9 Å². The lowest BCUT2D eigenvalue weighted by atomic mass is 9.93. The third kappa shape index (κ3) is 2.83. The monoisotopic (exact) mass is 301 g/mol. The van der Waals surface area contributed by atoms with Gasteiger partial charge in [0.2, 0.25) is 0 Å². The number of halogens is 1. The van der Waals surface area contributed by atoms with E-state index in [4.69, 9.17) is 21.1 Å². The molecule has 3 nitrogen and oxygen atoms in total. The second kappa shape index (κ2) is 5.70. The van der Waals surface area contributed by atoms with Gasteiger partial charge in [0.25, 0.3) is 0 Å².